The van der Waals surface area contributed by atoms with E-state index in [1.807, 2.05) is 34.6 Å². The van der Waals surface area contributed by atoms with E-state index in [1.165, 1.54) is 10.8 Å². The number of carbonyl (C=O) groups excluding carboxylic acids is 1. The molecule has 0 saturated heterocycles. The monoisotopic (exact) mass is 234 g/mol. The summed E-state index contributed by atoms with van der Waals surface area (Å²) in [6, 6.07) is 0. The van der Waals surface area contributed by atoms with Crippen LogP contribution in [0.2, 0.25) is 0 Å². The summed E-state index contributed by atoms with van der Waals surface area (Å²) in [5.74, 6) is 0.333. The van der Waals surface area contributed by atoms with Crippen LogP contribution in [0.5, 0.6) is 0 Å². The molecule has 1 unspecified atom stereocenters. The van der Waals surface area contributed by atoms with Crippen LogP contribution in [-0.2, 0) is 4.79 Å². The van der Waals surface area contributed by atoms with E-state index in [1.54, 1.807) is 0 Å². The first-order valence-electron chi connectivity index (χ1n) is 4.96. The second-order valence-corrected chi connectivity index (χ2v) is 7.23. The van der Waals surface area contributed by atoms with Crippen LogP contribution in [-0.4, -0.2) is 11.0 Å². The Balaban J connectivity index is 4.54. The molecule has 0 radical (unpaired) electrons. The molecule has 0 amide bonds. The smallest absolute Gasteiger partial charge is 0.143 e. The summed E-state index contributed by atoms with van der Waals surface area (Å²) in [5, 5.41) is 0.416. The lowest BCUT2D eigenvalue weighted by atomic mass is 9.72. The average molecular weight is 234 g/mol. The highest BCUT2D eigenvalue weighted by Crippen LogP contribution is 2.36. The largest absolute Gasteiger partial charge is 0.299 e. The van der Waals surface area contributed by atoms with Crippen molar-refractivity contribution in [1.29, 1.82) is 0 Å². The van der Waals surface area contributed by atoms with E-state index in [0.29, 0.717) is 11.0 Å². The number of rotatable bonds is 4. The van der Waals surface area contributed by atoms with E-state index in [9.17, 15) is 4.79 Å². The maximum absolute atomic E-state index is 12.1. The summed E-state index contributed by atoms with van der Waals surface area (Å²) >= 11 is 4.17. The van der Waals surface area contributed by atoms with E-state index >= 15 is 0 Å². The van der Waals surface area contributed by atoms with E-state index in [0.717, 1.165) is 6.42 Å². The molecule has 0 aliphatic rings. The highest BCUT2D eigenvalue weighted by atomic mass is 33.1. The van der Waals surface area contributed by atoms with Gasteiger partial charge in [-0.2, -0.15) is 0 Å². The lowest BCUT2D eigenvalue weighted by Crippen LogP contribution is -2.36. The summed E-state index contributed by atoms with van der Waals surface area (Å²) in [4.78, 5) is 12.1. The summed E-state index contributed by atoms with van der Waals surface area (Å²) in [6.45, 7) is 12.1. The van der Waals surface area contributed by atoms with Gasteiger partial charge in [0.15, 0.2) is 0 Å². The second kappa shape index (κ2) is 4.93. The van der Waals surface area contributed by atoms with Gasteiger partial charge in [-0.05, 0) is 6.42 Å². The van der Waals surface area contributed by atoms with Crippen molar-refractivity contribution < 1.29 is 4.79 Å². The molecule has 0 aromatic carbocycles. The second-order valence-electron chi connectivity index (χ2n) is 5.58. The fourth-order valence-electron chi connectivity index (χ4n) is 1.86. The minimum atomic E-state index is -0.246. The van der Waals surface area contributed by atoms with Crippen molar-refractivity contribution in [3.63, 3.8) is 0 Å². The quantitative estimate of drug-likeness (QED) is 0.585. The van der Waals surface area contributed by atoms with Gasteiger partial charge in [0.1, 0.15) is 5.78 Å². The Morgan fingerprint density at radius 1 is 1.29 bits per heavy atom. The van der Waals surface area contributed by atoms with Gasteiger partial charge < -0.3 is 0 Å². The molecule has 0 saturated carbocycles. The lowest BCUT2D eigenvalue weighted by Gasteiger charge is -2.32. The first kappa shape index (κ1) is 14.4. The topological polar surface area (TPSA) is 17.1 Å². The molecule has 1 atom stereocenters. The molecule has 0 bridgehead atoms. The van der Waals surface area contributed by atoms with Crippen molar-refractivity contribution in [3.05, 3.63) is 0 Å². The van der Waals surface area contributed by atoms with Crippen LogP contribution in [0.4, 0.5) is 0 Å². The number of hydrogen-bond donors (Lipinski definition) is 1. The maximum atomic E-state index is 12.1. The zero-order valence-electron chi connectivity index (χ0n) is 10.0. The van der Waals surface area contributed by atoms with Crippen molar-refractivity contribution >= 4 is 28.2 Å². The van der Waals surface area contributed by atoms with Gasteiger partial charge in [-0.1, -0.05) is 52.3 Å². The van der Waals surface area contributed by atoms with Crippen LogP contribution in [0.15, 0.2) is 0 Å². The highest BCUT2D eigenvalue weighted by molar-refractivity contribution is 8.68. The summed E-state index contributed by atoms with van der Waals surface area (Å²) in [7, 11) is 1.52. The predicted molar refractivity (Wildman–Crippen MR) is 68.9 cm³/mol. The zero-order valence-corrected chi connectivity index (χ0v) is 11.8. The van der Waals surface area contributed by atoms with Crippen LogP contribution in [0.3, 0.4) is 0 Å². The van der Waals surface area contributed by atoms with Crippen LogP contribution in [0.1, 0.15) is 48.0 Å². The number of Topliss-reactive ketones (excluding diaryl/α,β-unsaturated/α-hetero) is 1. The van der Waals surface area contributed by atoms with Gasteiger partial charge in [0.05, 0.1) is 0 Å². The van der Waals surface area contributed by atoms with Gasteiger partial charge in [0.2, 0.25) is 0 Å². The molecule has 0 aromatic rings. The summed E-state index contributed by atoms with van der Waals surface area (Å²) < 4.78 is 0. The van der Waals surface area contributed by atoms with Crippen molar-refractivity contribution in [2.24, 2.45) is 10.8 Å². The van der Waals surface area contributed by atoms with Crippen molar-refractivity contribution in [3.8, 4) is 0 Å². The number of carbonyl (C=O) groups is 1. The SMILES string of the molecule is CC(CC(C)(C)C(=O)C(C)(C)C)SS. The van der Waals surface area contributed by atoms with Gasteiger partial charge in [-0.15, -0.1) is 11.7 Å². The first-order chi connectivity index (χ1) is 6.11. The van der Waals surface area contributed by atoms with Gasteiger partial charge >= 0.3 is 0 Å². The summed E-state index contributed by atoms with van der Waals surface area (Å²) in [5.41, 5.74) is -0.488. The third-order valence-electron chi connectivity index (χ3n) is 2.27. The van der Waals surface area contributed by atoms with Crippen LogP contribution < -0.4 is 0 Å². The van der Waals surface area contributed by atoms with Crippen LogP contribution in [0, 0.1) is 10.8 Å². The molecule has 0 heterocycles. The van der Waals surface area contributed by atoms with Crippen molar-refractivity contribution in [1.82, 2.24) is 0 Å². The Hall–Kier alpha value is 0.370. The fraction of sp³-hybridized carbons (Fsp3) is 0.909. The van der Waals surface area contributed by atoms with E-state index in [4.69, 9.17) is 0 Å². The standard InChI is InChI=1S/C11H22OS2/c1-8(14-13)7-11(5,6)9(12)10(2,3)4/h8,13H,7H2,1-6H3. The Morgan fingerprint density at radius 2 is 1.71 bits per heavy atom. The Bertz CT molecular complexity index is 204. The molecule has 0 rings (SSSR count). The normalized spacial score (nSPS) is 15.4. The van der Waals surface area contributed by atoms with Crippen LogP contribution >= 0.6 is 22.5 Å². The molecule has 0 aromatic heterocycles. The summed E-state index contributed by atoms with van der Waals surface area (Å²) in [6.07, 6.45) is 0.886. The first-order valence-corrected chi connectivity index (χ1v) is 6.89. The third-order valence-corrected chi connectivity index (χ3v) is 3.88. The molecule has 1 nitrogen and oxygen atoms in total. The Kier molecular flexibility index (Phi) is 5.06. The van der Waals surface area contributed by atoms with Gasteiger partial charge in [0.25, 0.3) is 0 Å². The number of ketones is 1. The minimum absolute atomic E-state index is 0.243. The highest BCUT2D eigenvalue weighted by Gasteiger charge is 2.36. The maximum Gasteiger partial charge on any atom is 0.143 e. The fourth-order valence-corrected chi connectivity index (χ4v) is 2.58. The van der Waals surface area contributed by atoms with E-state index in [-0.39, 0.29) is 10.8 Å². The van der Waals surface area contributed by atoms with Crippen molar-refractivity contribution in [2.45, 2.75) is 53.2 Å². The lowest BCUT2D eigenvalue weighted by molar-refractivity contribution is -0.135. The molecule has 0 aliphatic heterocycles. The molecule has 14 heavy (non-hydrogen) atoms. The van der Waals surface area contributed by atoms with Crippen molar-refractivity contribution in [2.75, 3.05) is 0 Å². The molecule has 0 aliphatic carbocycles. The van der Waals surface area contributed by atoms with E-state index < -0.39 is 0 Å². The number of thiol groups is 1. The Labute approximate surface area is 97.2 Å². The minimum Gasteiger partial charge on any atom is -0.299 e. The van der Waals surface area contributed by atoms with Crippen LogP contribution in [0.25, 0.3) is 0 Å². The third kappa shape index (κ3) is 4.26. The molecule has 84 valence electrons. The average Bonchev–Trinajstić information content (AvgIpc) is 2.00. The number of hydrogen-bond acceptors (Lipinski definition) is 3. The molecular formula is C11H22OS2. The molecule has 0 N–H and O–H groups in total. The molecular weight excluding hydrogens is 212 g/mol. The Morgan fingerprint density at radius 3 is 2.00 bits per heavy atom. The van der Waals surface area contributed by atoms with Gasteiger partial charge in [0, 0.05) is 16.1 Å². The predicted octanol–water partition coefficient (Wildman–Crippen LogP) is 3.98. The zero-order chi connectivity index (χ0) is 11.6. The molecule has 0 fully saturated rings. The molecule has 0 spiro atoms. The van der Waals surface area contributed by atoms with E-state index in [2.05, 4.69) is 18.6 Å². The van der Waals surface area contributed by atoms with Gasteiger partial charge in [-0.3, -0.25) is 4.79 Å². The molecule has 3 heteroatoms. The van der Waals surface area contributed by atoms with Gasteiger partial charge in [-0.25, -0.2) is 0 Å².